The average Bonchev–Trinajstić information content (AvgIpc) is 2.85. The standard InChI is InChI=1S/C31H39N5O4/c1-30(2,3)24-10-9-22(16-25(24)39-26(21-18-33-19-21)29(38)40-31(4,5)6)36-28(37)23-8-7-13-34-27(23)35-17-20-11-14-32-15-12-20/h7-16,21,26,33H,17-19H2,1-6H3,(H,34,35)(H,36,37). The molecule has 0 saturated carbocycles. The van der Waals surface area contributed by atoms with Crippen LogP contribution in [0.25, 0.3) is 0 Å². The highest BCUT2D eigenvalue weighted by atomic mass is 16.6. The second-order valence-corrected chi connectivity index (χ2v) is 12.0. The van der Waals surface area contributed by atoms with Crippen molar-refractivity contribution < 1.29 is 19.1 Å². The minimum absolute atomic E-state index is 0.00895. The van der Waals surface area contributed by atoms with Crippen molar-refractivity contribution in [2.75, 3.05) is 23.7 Å². The van der Waals surface area contributed by atoms with Crippen molar-refractivity contribution in [1.82, 2.24) is 15.3 Å². The zero-order valence-corrected chi connectivity index (χ0v) is 24.1. The lowest BCUT2D eigenvalue weighted by Gasteiger charge is -2.36. The molecule has 3 heterocycles. The number of carbonyl (C=O) groups is 2. The highest BCUT2D eigenvalue weighted by molar-refractivity contribution is 6.07. The SMILES string of the molecule is CC(C)(C)OC(=O)C(Oc1cc(NC(=O)c2cccnc2NCc2ccncc2)ccc1C(C)(C)C)C1CNC1. The van der Waals surface area contributed by atoms with E-state index in [0.29, 0.717) is 42.5 Å². The van der Waals surface area contributed by atoms with E-state index in [-0.39, 0.29) is 17.2 Å². The fourth-order valence-electron chi connectivity index (χ4n) is 4.29. The molecule has 1 aliphatic rings. The van der Waals surface area contributed by atoms with E-state index in [9.17, 15) is 9.59 Å². The molecule has 1 unspecified atom stereocenters. The van der Waals surface area contributed by atoms with Crippen molar-refractivity contribution in [3.63, 3.8) is 0 Å². The zero-order valence-electron chi connectivity index (χ0n) is 24.1. The first kappa shape index (κ1) is 29.0. The minimum atomic E-state index is -0.769. The lowest BCUT2D eigenvalue weighted by molar-refractivity contribution is -0.167. The first-order chi connectivity index (χ1) is 18.9. The van der Waals surface area contributed by atoms with Gasteiger partial charge in [0, 0.05) is 55.9 Å². The number of esters is 1. The summed E-state index contributed by atoms with van der Waals surface area (Å²) < 4.78 is 12.1. The van der Waals surface area contributed by atoms with Crippen LogP contribution >= 0.6 is 0 Å². The Hall–Kier alpha value is -3.98. The summed E-state index contributed by atoms with van der Waals surface area (Å²) >= 11 is 0. The van der Waals surface area contributed by atoms with Crippen molar-refractivity contribution in [2.45, 2.75) is 65.2 Å². The van der Waals surface area contributed by atoms with E-state index < -0.39 is 17.7 Å². The number of nitrogens with zero attached hydrogens (tertiary/aromatic N) is 2. The molecule has 1 aromatic carbocycles. The molecule has 2 aromatic heterocycles. The number of nitrogens with one attached hydrogen (secondary N) is 3. The third kappa shape index (κ3) is 7.57. The Morgan fingerprint density at radius 3 is 2.38 bits per heavy atom. The van der Waals surface area contributed by atoms with Crippen molar-refractivity contribution in [1.29, 1.82) is 0 Å². The Morgan fingerprint density at radius 1 is 1.02 bits per heavy atom. The van der Waals surface area contributed by atoms with Gasteiger partial charge in [-0.05, 0) is 67.6 Å². The predicted molar refractivity (Wildman–Crippen MR) is 156 cm³/mol. The first-order valence-electron chi connectivity index (χ1n) is 13.5. The zero-order chi connectivity index (χ0) is 28.9. The third-order valence-electron chi connectivity index (χ3n) is 6.44. The van der Waals surface area contributed by atoms with Crippen LogP contribution in [-0.4, -0.2) is 46.6 Å². The molecule has 212 valence electrons. The van der Waals surface area contributed by atoms with Gasteiger partial charge in [-0.3, -0.25) is 9.78 Å². The van der Waals surface area contributed by atoms with Crippen molar-refractivity contribution in [2.24, 2.45) is 5.92 Å². The van der Waals surface area contributed by atoms with Gasteiger partial charge in [0.1, 0.15) is 17.2 Å². The first-order valence-corrected chi connectivity index (χ1v) is 13.5. The fourth-order valence-corrected chi connectivity index (χ4v) is 4.29. The van der Waals surface area contributed by atoms with Crippen LogP contribution in [0.1, 0.15) is 63.0 Å². The molecule has 1 aliphatic heterocycles. The molecule has 1 amide bonds. The Bertz CT molecular complexity index is 1330. The molecule has 0 radical (unpaired) electrons. The number of rotatable bonds is 9. The maximum absolute atomic E-state index is 13.4. The minimum Gasteiger partial charge on any atom is -0.478 e. The van der Waals surface area contributed by atoms with E-state index in [1.54, 1.807) is 36.8 Å². The Kier molecular flexibility index (Phi) is 8.73. The van der Waals surface area contributed by atoms with Crippen molar-refractivity contribution in [3.05, 3.63) is 77.7 Å². The molecule has 0 aliphatic carbocycles. The summed E-state index contributed by atoms with van der Waals surface area (Å²) in [5.74, 6) is 0.294. The smallest absolute Gasteiger partial charge is 0.348 e. The summed E-state index contributed by atoms with van der Waals surface area (Å²) in [6.07, 6.45) is 4.31. The van der Waals surface area contributed by atoms with Crippen LogP contribution in [0.3, 0.4) is 0 Å². The molecule has 0 spiro atoms. The van der Waals surface area contributed by atoms with Gasteiger partial charge in [0.2, 0.25) is 6.10 Å². The molecule has 0 bridgehead atoms. The molecule has 9 nitrogen and oxygen atoms in total. The largest absolute Gasteiger partial charge is 0.478 e. The number of aromatic nitrogens is 2. The number of anilines is 2. The number of amides is 1. The Morgan fingerprint density at radius 2 is 1.75 bits per heavy atom. The van der Waals surface area contributed by atoms with Gasteiger partial charge in [0.05, 0.1) is 5.56 Å². The summed E-state index contributed by atoms with van der Waals surface area (Å²) in [6, 6.07) is 12.8. The van der Waals surface area contributed by atoms with Gasteiger partial charge in [-0.25, -0.2) is 9.78 Å². The number of benzene rings is 1. The molecule has 3 aromatic rings. The Balaban J connectivity index is 1.57. The summed E-state index contributed by atoms with van der Waals surface area (Å²) in [4.78, 5) is 34.9. The van der Waals surface area contributed by atoms with Gasteiger partial charge < -0.3 is 25.4 Å². The number of carbonyl (C=O) groups excluding carboxylic acids is 2. The van der Waals surface area contributed by atoms with Gasteiger partial charge in [0.25, 0.3) is 5.91 Å². The lowest BCUT2D eigenvalue weighted by Crippen LogP contribution is -2.54. The quantitative estimate of drug-likeness (QED) is 0.324. The van der Waals surface area contributed by atoms with Gasteiger partial charge in [-0.2, -0.15) is 0 Å². The van der Waals surface area contributed by atoms with E-state index in [2.05, 4.69) is 46.7 Å². The van der Waals surface area contributed by atoms with Gasteiger partial charge in [0.15, 0.2) is 0 Å². The fraction of sp³-hybridized carbons (Fsp3) is 0.419. The number of hydrogen-bond donors (Lipinski definition) is 3. The van der Waals surface area contributed by atoms with Crippen LogP contribution in [0, 0.1) is 5.92 Å². The van der Waals surface area contributed by atoms with Crippen LogP contribution in [0.2, 0.25) is 0 Å². The topological polar surface area (TPSA) is 114 Å². The molecule has 3 N–H and O–H groups in total. The molecule has 4 rings (SSSR count). The van der Waals surface area contributed by atoms with Crippen LogP contribution in [0.5, 0.6) is 5.75 Å². The maximum atomic E-state index is 13.4. The maximum Gasteiger partial charge on any atom is 0.348 e. The predicted octanol–water partition coefficient (Wildman–Crippen LogP) is 4.95. The second kappa shape index (κ2) is 12.0. The van der Waals surface area contributed by atoms with Crippen LogP contribution in [0.15, 0.2) is 61.1 Å². The molecule has 9 heteroatoms. The number of pyridine rings is 2. The van der Waals surface area contributed by atoms with E-state index in [1.165, 1.54) is 0 Å². The number of hydrogen-bond acceptors (Lipinski definition) is 8. The van der Waals surface area contributed by atoms with Gasteiger partial charge in [-0.15, -0.1) is 0 Å². The van der Waals surface area contributed by atoms with Gasteiger partial charge in [-0.1, -0.05) is 26.8 Å². The highest BCUT2D eigenvalue weighted by Gasteiger charge is 2.38. The summed E-state index contributed by atoms with van der Waals surface area (Å²) in [5.41, 5.74) is 2.01. The molecule has 40 heavy (non-hydrogen) atoms. The van der Waals surface area contributed by atoms with E-state index in [0.717, 1.165) is 11.1 Å². The molecule has 1 saturated heterocycles. The second-order valence-electron chi connectivity index (χ2n) is 12.0. The highest BCUT2D eigenvalue weighted by Crippen LogP contribution is 2.36. The summed E-state index contributed by atoms with van der Waals surface area (Å²) in [7, 11) is 0. The summed E-state index contributed by atoms with van der Waals surface area (Å²) in [5, 5.41) is 9.43. The average molecular weight is 546 g/mol. The van der Waals surface area contributed by atoms with Crippen molar-refractivity contribution in [3.8, 4) is 5.75 Å². The van der Waals surface area contributed by atoms with Crippen LogP contribution in [0.4, 0.5) is 11.5 Å². The summed E-state index contributed by atoms with van der Waals surface area (Å²) in [6.45, 7) is 13.6. The Labute approximate surface area is 236 Å². The normalized spacial score (nSPS) is 14.6. The van der Waals surface area contributed by atoms with Crippen molar-refractivity contribution >= 4 is 23.4 Å². The third-order valence-corrected chi connectivity index (χ3v) is 6.44. The van der Waals surface area contributed by atoms with Crippen LogP contribution < -0.4 is 20.7 Å². The van der Waals surface area contributed by atoms with E-state index in [4.69, 9.17) is 9.47 Å². The van der Waals surface area contributed by atoms with Gasteiger partial charge >= 0.3 is 5.97 Å². The van der Waals surface area contributed by atoms with E-state index in [1.807, 2.05) is 45.0 Å². The number of ether oxygens (including phenoxy) is 2. The monoisotopic (exact) mass is 545 g/mol. The molecular formula is C31H39N5O4. The van der Waals surface area contributed by atoms with Crippen LogP contribution in [-0.2, 0) is 21.5 Å². The molecular weight excluding hydrogens is 506 g/mol. The molecule has 1 fully saturated rings. The molecule has 1 atom stereocenters. The van der Waals surface area contributed by atoms with E-state index >= 15 is 0 Å². The lowest BCUT2D eigenvalue weighted by atomic mass is 9.86.